The normalized spacial score (nSPS) is 14.9. The van der Waals surface area contributed by atoms with Crippen molar-refractivity contribution in [1.82, 2.24) is 10.6 Å². The number of alkyl halides is 3. The van der Waals surface area contributed by atoms with Gasteiger partial charge in [-0.3, -0.25) is 4.99 Å². The number of aliphatic imine (C=N–C) groups is 1. The fourth-order valence-electron chi connectivity index (χ4n) is 2.01. The van der Waals surface area contributed by atoms with Gasteiger partial charge in [0.05, 0.1) is 6.61 Å². The van der Waals surface area contributed by atoms with Crippen LogP contribution in [0.5, 0.6) is 0 Å². The number of ether oxygens (including phenoxy) is 1. The molecule has 0 saturated heterocycles. The number of guanidine groups is 1. The molecule has 1 aliphatic carbocycles. The Bertz CT molecular complexity index is 516. The van der Waals surface area contributed by atoms with E-state index in [9.17, 15) is 13.2 Å². The molecule has 0 atom stereocenters. The molecule has 1 fully saturated rings. The molecular formula is C16H23F3IN3O. The first-order valence-corrected chi connectivity index (χ1v) is 7.63. The molecule has 1 aromatic carbocycles. The zero-order valence-electron chi connectivity index (χ0n) is 13.5. The molecular weight excluding hydrogens is 434 g/mol. The molecule has 4 nitrogen and oxygen atoms in total. The third kappa shape index (κ3) is 8.72. The Labute approximate surface area is 157 Å². The summed E-state index contributed by atoms with van der Waals surface area (Å²) in [6, 6.07) is 7.28. The fraction of sp³-hybridized carbons (Fsp3) is 0.562. The maximum Gasteiger partial charge on any atom is 0.411 e. The van der Waals surface area contributed by atoms with Crippen LogP contribution < -0.4 is 10.6 Å². The van der Waals surface area contributed by atoms with Crippen LogP contribution in [0.3, 0.4) is 0 Å². The van der Waals surface area contributed by atoms with Gasteiger partial charge in [-0.1, -0.05) is 24.3 Å². The average Bonchev–Trinajstić information content (AvgIpc) is 3.32. The largest absolute Gasteiger partial charge is 0.411 e. The highest BCUT2D eigenvalue weighted by molar-refractivity contribution is 14.0. The number of rotatable bonds is 7. The Hall–Kier alpha value is -1.03. The second-order valence-electron chi connectivity index (χ2n) is 5.67. The summed E-state index contributed by atoms with van der Waals surface area (Å²) < 4.78 is 40.6. The second-order valence-corrected chi connectivity index (χ2v) is 5.67. The van der Waals surface area contributed by atoms with Gasteiger partial charge in [0, 0.05) is 20.1 Å². The van der Waals surface area contributed by atoms with Crippen LogP contribution in [0.2, 0.25) is 0 Å². The fourth-order valence-corrected chi connectivity index (χ4v) is 2.01. The van der Waals surface area contributed by atoms with Gasteiger partial charge in [-0.2, -0.15) is 13.2 Å². The van der Waals surface area contributed by atoms with Gasteiger partial charge in [0.25, 0.3) is 0 Å². The van der Waals surface area contributed by atoms with Crippen LogP contribution in [0.4, 0.5) is 13.2 Å². The van der Waals surface area contributed by atoms with Crippen LogP contribution in [0.1, 0.15) is 24.0 Å². The highest BCUT2D eigenvalue weighted by Crippen LogP contribution is 2.27. The summed E-state index contributed by atoms with van der Waals surface area (Å²) in [5.74, 6) is 1.53. The maximum absolute atomic E-state index is 12.0. The Kier molecular flexibility index (Phi) is 8.82. The third-order valence-electron chi connectivity index (χ3n) is 3.50. The predicted octanol–water partition coefficient (Wildman–Crippen LogP) is 3.46. The molecule has 0 spiro atoms. The van der Waals surface area contributed by atoms with Crippen molar-refractivity contribution in [1.29, 1.82) is 0 Å². The van der Waals surface area contributed by atoms with E-state index in [1.165, 1.54) is 12.8 Å². The lowest BCUT2D eigenvalue weighted by molar-refractivity contribution is -0.176. The SMILES string of the molecule is CN=C(NCc1ccc(COCC(F)(F)F)cc1)NCC1CC1.I. The first kappa shape index (κ1) is 21.0. The Morgan fingerprint density at radius 2 is 1.79 bits per heavy atom. The zero-order valence-corrected chi connectivity index (χ0v) is 15.9. The molecule has 2 rings (SSSR count). The van der Waals surface area contributed by atoms with E-state index in [0.29, 0.717) is 12.1 Å². The van der Waals surface area contributed by atoms with Crippen molar-refractivity contribution >= 4 is 29.9 Å². The molecule has 0 unspecified atom stereocenters. The van der Waals surface area contributed by atoms with Crippen LogP contribution in [0.15, 0.2) is 29.3 Å². The monoisotopic (exact) mass is 457 g/mol. The number of halogens is 4. The van der Waals surface area contributed by atoms with E-state index < -0.39 is 12.8 Å². The summed E-state index contributed by atoms with van der Waals surface area (Å²) in [5.41, 5.74) is 1.74. The van der Waals surface area contributed by atoms with E-state index in [4.69, 9.17) is 0 Å². The Morgan fingerprint density at radius 1 is 1.17 bits per heavy atom. The molecule has 0 heterocycles. The van der Waals surface area contributed by atoms with Crippen LogP contribution in [-0.2, 0) is 17.9 Å². The number of hydrogen-bond donors (Lipinski definition) is 2. The van der Waals surface area contributed by atoms with Crippen LogP contribution in [0.25, 0.3) is 0 Å². The summed E-state index contributed by atoms with van der Waals surface area (Å²) in [6.45, 7) is 0.278. The number of nitrogens with one attached hydrogen (secondary N) is 2. The van der Waals surface area contributed by atoms with Crippen LogP contribution in [0, 0.1) is 5.92 Å². The number of benzene rings is 1. The van der Waals surface area contributed by atoms with Crippen molar-refractivity contribution in [3.63, 3.8) is 0 Å². The minimum absolute atomic E-state index is 0. The summed E-state index contributed by atoms with van der Waals surface area (Å²) in [7, 11) is 1.73. The van der Waals surface area contributed by atoms with Gasteiger partial charge >= 0.3 is 6.18 Å². The number of nitrogens with zero attached hydrogens (tertiary/aromatic N) is 1. The summed E-state index contributed by atoms with van der Waals surface area (Å²) in [5, 5.41) is 6.48. The van der Waals surface area contributed by atoms with Crippen molar-refractivity contribution in [2.24, 2.45) is 10.9 Å². The zero-order chi connectivity index (χ0) is 16.7. The minimum Gasteiger partial charge on any atom is -0.367 e. The van der Waals surface area contributed by atoms with Crippen molar-refractivity contribution < 1.29 is 17.9 Å². The molecule has 1 saturated carbocycles. The van der Waals surface area contributed by atoms with Crippen molar-refractivity contribution in [2.45, 2.75) is 32.2 Å². The van der Waals surface area contributed by atoms with E-state index in [1.54, 1.807) is 19.2 Å². The molecule has 2 N–H and O–H groups in total. The first-order chi connectivity index (χ1) is 11.0. The van der Waals surface area contributed by atoms with Gasteiger partial charge < -0.3 is 15.4 Å². The van der Waals surface area contributed by atoms with Gasteiger partial charge in [0.2, 0.25) is 0 Å². The third-order valence-corrected chi connectivity index (χ3v) is 3.50. The standard InChI is InChI=1S/C16H22F3N3O.HI/c1-20-15(21-8-12-2-3-12)22-9-13-4-6-14(7-5-13)10-23-11-16(17,18)19;/h4-7,12H,2-3,8-11H2,1H3,(H2,20,21,22);1H. The van der Waals surface area contributed by atoms with E-state index in [-0.39, 0.29) is 30.6 Å². The molecule has 24 heavy (non-hydrogen) atoms. The summed E-state index contributed by atoms with van der Waals surface area (Å²) in [4.78, 5) is 4.15. The maximum atomic E-state index is 12.0. The first-order valence-electron chi connectivity index (χ1n) is 7.63. The lowest BCUT2D eigenvalue weighted by atomic mass is 10.1. The molecule has 136 valence electrons. The van der Waals surface area contributed by atoms with Gasteiger partial charge in [-0.05, 0) is 29.9 Å². The predicted molar refractivity (Wildman–Crippen MR) is 98.5 cm³/mol. The Balaban J connectivity index is 0.00000288. The molecule has 8 heteroatoms. The smallest absolute Gasteiger partial charge is 0.367 e. The lowest BCUT2D eigenvalue weighted by Crippen LogP contribution is -2.37. The average molecular weight is 457 g/mol. The molecule has 1 aromatic rings. The van der Waals surface area contributed by atoms with Gasteiger partial charge in [-0.15, -0.1) is 24.0 Å². The molecule has 0 bridgehead atoms. The summed E-state index contributed by atoms with van der Waals surface area (Å²) >= 11 is 0. The van der Waals surface area contributed by atoms with Gasteiger partial charge in [0.1, 0.15) is 6.61 Å². The van der Waals surface area contributed by atoms with Gasteiger partial charge in [-0.25, -0.2) is 0 Å². The van der Waals surface area contributed by atoms with E-state index in [0.717, 1.165) is 24.0 Å². The quantitative estimate of drug-likeness (QED) is 0.375. The molecule has 0 aromatic heterocycles. The lowest BCUT2D eigenvalue weighted by Gasteiger charge is -2.12. The van der Waals surface area contributed by atoms with E-state index >= 15 is 0 Å². The Morgan fingerprint density at radius 3 is 2.33 bits per heavy atom. The minimum atomic E-state index is -4.28. The van der Waals surface area contributed by atoms with E-state index in [1.807, 2.05) is 12.1 Å². The van der Waals surface area contributed by atoms with Crippen molar-refractivity contribution in [3.05, 3.63) is 35.4 Å². The summed E-state index contributed by atoms with van der Waals surface area (Å²) in [6.07, 6.45) is -1.73. The highest BCUT2D eigenvalue weighted by atomic mass is 127. The van der Waals surface area contributed by atoms with Crippen molar-refractivity contribution in [3.8, 4) is 0 Å². The van der Waals surface area contributed by atoms with Crippen molar-refractivity contribution in [2.75, 3.05) is 20.2 Å². The molecule has 1 aliphatic rings. The molecule has 0 radical (unpaired) electrons. The highest BCUT2D eigenvalue weighted by Gasteiger charge is 2.27. The van der Waals surface area contributed by atoms with Gasteiger partial charge in [0.15, 0.2) is 5.96 Å². The number of hydrogen-bond acceptors (Lipinski definition) is 2. The van der Waals surface area contributed by atoms with E-state index in [2.05, 4.69) is 20.4 Å². The second kappa shape index (κ2) is 10.1. The molecule has 0 amide bonds. The van der Waals surface area contributed by atoms with Crippen LogP contribution in [-0.4, -0.2) is 32.3 Å². The molecule has 0 aliphatic heterocycles. The topological polar surface area (TPSA) is 45.7 Å². The van der Waals surface area contributed by atoms with Crippen LogP contribution >= 0.6 is 24.0 Å².